The first kappa shape index (κ1) is 40.9. The monoisotopic (exact) mass is 894 g/mol. The molecule has 0 amide bonds. The molecule has 0 atom stereocenters. The van der Waals surface area contributed by atoms with E-state index in [-0.39, 0.29) is 0 Å². The minimum absolute atomic E-state index is 1.07. The number of fused-ring (bicyclic) bond motifs is 6. The first-order chi connectivity index (χ1) is 34.7. The van der Waals surface area contributed by atoms with Gasteiger partial charge in [0, 0.05) is 67.0 Å². The summed E-state index contributed by atoms with van der Waals surface area (Å²) in [7, 11) is 0. The van der Waals surface area contributed by atoms with Gasteiger partial charge in [-0.1, -0.05) is 146 Å². The van der Waals surface area contributed by atoms with Gasteiger partial charge in [-0.3, -0.25) is 0 Å². The molecule has 0 bridgehead atoms. The maximum Gasteiger partial charge on any atom is 0.0541 e. The summed E-state index contributed by atoms with van der Waals surface area (Å²) >= 11 is 0. The van der Waals surface area contributed by atoms with Crippen LogP contribution in [0, 0.1) is 0 Å². The van der Waals surface area contributed by atoms with Gasteiger partial charge in [0.25, 0.3) is 0 Å². The van der Waals surface area contributed by atoms with E-state index in [2.05, 4.69) is 298 Å². The van der Waals surface area contributed by atoms with Gasteiger partial charge in [0.15, 0.2) is 0 Å². The molecule has 0 aliphatic carbocycles. The van der Waals surface area contributed by atoms with Gasteiger partial charge in [-0.05, 0) is 156 Å². The van der Waals surface area contributed by atoms with E-state index in [9.17, 15) is 0 Å². The molecule has 0 saturated carbocycles. The first-order valence-electron chi connectivity index (χ1n) is 23.9. The lowest BCUT2D eigenvalue weighted by atomic mass is 10.0. The Morgan fingerprint density at radius 2 is 0.471 bits per heavy atom. The highest BCUT2D eigenvalue weighted by Gasteiger charge is 2.19. The molecule has 0 N–H and O–H groups in total. The fourth-order valence-electron chi connectivity index (χ4n) is 10.4. The number of rotatable bonds is 10. The van der Waals surface area contributed by atoms with Crippen LogP contribution in [0.4, 0.5) is 34.1 Å². The summed E-state index contributed by atoms with van der Waals surface area (Å²) in [6.07, 6.45) is 0. The molecule has 4 heteroatoms. The molecule has 70 heavy (non-hydrogen) atoms. The first-order valence-corrected chi connectivity index (χ1v) is 23.9. The maximum atomic E-state index is 2.37. The Morgan fingerprint density at radius 3 is 0.843 bits per heavy atom. The van der Waals surface area contributed by atoms with Crippen molar-refractivity contribution in [1.29, 1.82) is 0 Å². The Morgan fingerprint density at radius 1 is 0.200 bits per heavy atom. The second kappa shape index (κ2) is 17.4. The predicted molar refractivity (Wildman–Crippen MR) is 295 cm³/mol. The van der Waals surface area contributed by atoms with E-state index in [4.69, 9.17) is 0 Å². The largest absolute Gasteiger partial charge is 0.311 e. The van der Waals surface area contributed by atoms with Crippen molar-refractivity contribution in [2.75, 3.05) is 9.80 Å². The van der Waals surface area contributed by atoms with Crippen LogP contribution in [0.5, 0.6) is 0 Å². The summed E-state index contributed by atoms with van der Waals surface area (Å²) in [5, 5.41) is 4.99. The molecular formula is C66H46N4. The number of hydrogen-bond acceptors (Lipinski definition) is 2. The molecule has 4 nitrogen and oxygen atoms in total. The number of para-hydroxylation sites is 6. The van der Waals surface area contributed by atoms with Crippen LogP contribution in [-0.4, -0.2) is 9.13 Å². The standard InChI is InChI=1S/C66H46N4/c1-5-17-51(18-6-1)67(55-35-29-47(30-36-55)49-33-43-65-61(45-49)59-25-13-15-27-63(59)69(65)53-21-9-3-10-22-53)57-39-41-58(42-40-57)68(52-19-7-2-8-20-52)56-37-31-48(32-38-56)50-34-44-66-62(46-50)60-26-14-16-28-64(60)70(66)54-23-11-4-12-24-54/h1-46H. The molecule has 0 unspecified atom stereocenters. The Kier molecular flexibility index (Phi) is 10.1. The molecular weight excluding hydrogens is 849 g/mol. The van der Waals surface area contributed by atoms with Crippen molar-refractivity contribution in [3.8, 4) is 33.6 Å². The summed E-state index contributed by atoms with van der Waals surface area (Å²) in [6.45, 7) is 0. The summed E-state index contributed by atoms with van der Waals surface area (Å²) in [5.74, 6) is 0. The smallest absolute Gasteiger partial charge is 0.0541 e. The van der Waals surface area contributed by atoms with Crippen LogP contribution >= 0.6 is 0 Å². The molecule has 0 radical (unpaired) electrons. The van der Waals surface area contributed by atoms with Crippen molar-refractivity contribution in [3.05, 3.63) is 279 Å². The Balaban J connectivity index is 0.823. The van der Waals surface area contributed by atoms with E-state index in [0.717, 1.165) is 45.5 Å². The molecule has 0 aliphatic rings. The van der Waals surface area contributed by atoms with Crippen LogP contribution in [0.1, 0.15) is 0 Å². The lowest BCUT2D eigenvalue weighted by Crippen LogP contribution is -2.12. The number of benzene rings is 11. The third-order valence-electron chi connectivity index (χ3n) is 13.7. The van der Waals surface area contributed by atoms with Crippen molar-refractivity contribution in [2.45, 2.75) is 0 Å². The van der Waals surface area contributed by atoms with Gasteiger partial charge < -0.3 is 18.9 Å². The third kappa shape index (κ3) is 7.18. The SMILES string of the molecule is c1ccc(N(c2ccc(-c3ccc4c(c3)c3ccccc3n4-c3ccccc3)cc2)c2ccc(N(c3ccccc3)c3ccc(-c4ccc5c(c4)c4ccccc4n5-c4ccccc4)cc3)cc2)cc1. The zero-order valence-corrected chi connectivity index (χ0v) is 38.3. The van der Waals surface area contributed by atoms with E-state index in [0.29, 0.717) is 0 Å². The topological polar surface area (TPSA) is 16.3 Å². The van der Waals surface area contributed by atoms with Crippen molar-refractivity contribution in [1.82, 2.24) is 9.13 Å². The van der Waals surface area contributed by atoms with Crippen molar-refractivity contribution in [2.24, 2.45) is 0 Å². The quantitative estimate of drug-likeness (QED) is 0.136. The summed E-state index contributed by atoms with van der Waals surface area (Å²) in [4.78, 5) is 4.67. The predicted octanol–water partition coefficient (Wildman–Crippen LogP) is 18.2. The van der Waals surface area contributed by atoms with Gasteiger partial charge >= 0.3 is 0 Å². The van der Waals surface area contributed by atoms with Crippen molar-refractivity contribution < 1.29 is 0 Å². The van der Waals surface area contributed by atoms with Crippen LogP contribution in [0.15, 0.2) is 279 Å². The summed E-state index contributed by atoms with van der Waals surface area (Å²) in [5.41, 5.74) is 18.4. The van der Waals surface area contributed by atoms with Gasteiger partial charge in [0.05, 0.1) is 22.1 Å². The number of nitrogens with zero attached hydrogens (tertiary/aromatic N) is 4. The molecule has 0 spiro atoms. The average molecular weight is 895 g/mol. The highest BCUT2D eigenvalue weighted by molar-refractivity contribution is 6.11. The molecule has 2 aromatic heterocycles. The van der Waals surface area contributed by atoms with E-state index < -0.39 is 0 Å². The second-order valence-corrected chi connectivity index (χ2v) is 17.8. The molecule has 2 heterocycles. The van der Waals surface area contributed by atoms with E-state index in [1.807, 2.05) is 0 Å². The third-order valence-corrected chi connectivity index (χ3v) is 13.7. The van der Waals surface area contributed by atoms with Crippen LogP contribution < -0.4 is 9.80 Å². The Labute approximate surface area is 407 Å². The Hall–Kier alpha value is -9.38. The van der Waals surface area contributed by atoms with E-state index >= 15 is 0 Å². The van der Waals surface area contributed by atoms with Gasteiger partial charge in [-0.25, -0.2) is 0 Å². The van der Waals surface area contributed by atoms with Gasteiger partial charge in [0.2, 0.25) is 0 Å². The van der Waals surface area contributed by atoms with Gasteiger partial charge in [0.1, 0.15) is 0 Å². The molecule has 0 fully saturated rings. The molecule has 0 aliphatic heterocycles. The van der Waals surface area contributed by atoms with Gasteiger partial charge in [-0.2, -0.15) is 0 Å². The fourth-order valence-corrected chi connectivity index (χ4v) is 10.4. The molecule has 330 valence electrons. The zero-order chi connectivity index (χ0) is 46.4. The normalized spacial score (nSPS) is 11.4. The summed E-state index contributed by atoms with van der Waals surface area (Å²) in [6, 6.07) is 101. The second-order valence-electron chi connectivity index (χ2n) is 17.8. The minimum atomic E-state index is 1.07. The lowest BCUT2D eigenvalue weighted by Gasteiger charge is -2.28. The minimum Gasteiger partial charge on any atom is -0.311 e. The van der Waals surface area contributed by atoms with Crippen LogP contribution in [0.3, 0.4) is 0 Å². The van der Waals surface area contributed by atoms with E-state index in [1.54, 1.807) is 0 Å². The number of hydrogen-bond donors (Lipinski definition) is 0. The van der Waals surface area contributed by atoms with Crippen LogP contribution in [-0.2, 0) is 0 Å². The molecule has 13 aromatic rings. The highest BCUT2D eigenvalue weighted by Crippen LogP contribution is 2.42. The fraction of sp³-hybridized carbons (Fsp3) is 0. The van der Waals surface area contributed by atoms with Gasteiger partial charge in [-0.15, -0.1) is 0 Å². The average Bonchev–Trinajstić information content (AvgIpc) is 3.95. The zero-order valence-electron chi connectivity index (χ0n) is 38.3. The van der Waals surface area contributed by atoms with Crippen molar-refractivity contribution in [3.63, 3.8) is 0 Å². The van der Waals surface area contributed by atoms with E-state index in [1.165, 1.54) is 65.9 Å². The number of aromatic nitrogens is 2. The molecule has 11 aromatic carbocycles. The Bertz CT molecular complexity index is 3690. The highest BCUT2D eigenvalue weighted by atomic mass is 15.2. The van der Waals surface area contributed by atoms with Crippen molar-refractivity contribution >= 4 is 77.7 Å². The lowest BCUT2D eigenvalue weighted by molar-refractivity contribution is 1.18. The van der Waals surface area contributed by atoms with Crippen LogP contribution in [0.2, 0.25) is 0 Å². The summed E-state index contributed by atoms with van der Waals surface area (Å²) < 4.78 is 4.73. The van der Waals surface area contributed by atoms with Crippen LogP contribution in [0.25, 0.3) is 77.2 Å². The number of anilines is 6. The molecule has 0 saturated heterocycles. The molecule has 13 rings (SSSR count). The maximum absolute atomic E-state index is 2.37.